The molecule has 6 nitrogen and oxygen atoms in total. The highest BCUT2D eigenvalue weighted by Gasteiger charge is 2.30. The van der Waals surface area contributed by atoms with Crippen LogP contribution in [0.15, 0.2) is 77.7 Å². The van der Waals surface area contributed by atoms with Crippen LogP contribution in [0, 0.1) is 0 Å². The van der Waals surface area contributed by atoms with E-state index in [2.05, 4.69) is 5.32 Å². The molecule has 180 valence electrons. The number of amides is 1. The lowest BCUT2D eigenvalue weighted by atomic mass is 10.1. The van der Waals surface area contributed by atoms with Gasteiger partial charge in [0.25, 0.3) is 5.91 Å². The molecular weight excluding hydrogens is 469 g/mol. The van der Waals surface area contributed by atoms with Gasteiger partial charge in [-0.3, -0.25) is 4.79 Å². The molecule has 0 saturated carbocycles. The van der Waals surface area contributed by atoms with E-state index in [1.54, 1.807) is 24.3 Å². The summed E-state index contributed by atoms with van der Waals surface area (Å²) in [4.78, 5) is 12.5. The number of carbonyl (C=O) groups excluding carboxylic acids is 1. The summed E-state index contributed by atoms with van der Waals surface area (Å²) in [7, 11) is -1.28. The second-order valence-electron chi connectivity index (χ2n) is 7.49. The van der Waals surface area contributed by atoms with E-state index in [9.17, 15) is 26.4 Å². The Hall–Kier alpha value is -3.37. The summed E-state index contributed by atoms with van der Waals surface area (Å²) in [5.41, 5.74) is 0.243. The Labute approximate surface area is 196 Å². The van der Waals surface area contributed by atoms with E-state index in [4.69, 9.17) is 4.74 Å². The quantitative estimate of drug-likeness (QED) is 0.504. The Morgan fingerprint density at radius 2 is 1.65 bits per heavy atom. The number of hydrogen-bond acceptors (Lipinski definition) is 4. The summed E-state index contributed by atoms with van der Waals surface area (Å²) in [6.45, 7) is -0.0525. The lowest BCUT2D eigenvalue weighted by molar-refractivity contribution is -0.137. The molecule has 10 heteroatoms. The fraction of sp³-hybridized carbons (Fsp3) is 0.208. The van der Waals surface area contributed by atoms with E-state index in [0.717, 1.165) is 22.0 Å². The maximum atomic E-state index is 13.2. The van der Waals surface area contributed by atoms with Gasteiger partial charge in [0, 0.05) is 25.7 Å². The molecule has 1 amide bonds. The Balaban J connectivity index is 1.81. The number of alkyl halides is 3. The molecular formula is C24H23F3N2O4S. The molecule has 0 aliphatic heterocycles. The molecule has 0 unspecified atom stereocenters. The highest BCUT2D eigenvalue weighted by molar-refractivity contribution is 7.89. The van der Waals surface area contributed by atoms with Crippen molar-refractivity contribution in [2.45, 2.75) is 24.2 Å². The van der Waals surface area contributed by atoms with Crippen LogP contribution in [-0.2, 0) is 29.3 Å². The van der Waals surface area contributed by atoms with Crippen molar-refractivity contribution in [2.24, 2.45) is 0 Å². The molecule has 0 saturated heterocycles. The summed E-state index contributed by atoms with van der Waals surface area (Å²) >= 11 is 0. The smallest absolute Gasteiger partial charge is 0.416 e. The third-order valence-electron chi connectivity index (χ3n) is 5.07. The number of nitrogens with zero attached hydrogens (tertiary/aromatic N) is 1. The van der Waals surface area contributed by atoms with Gasteiger partial charge in [-0.25, -0.2) is 8.42 Å². The minimum atomic E-state index is -4.50. The van der Waals surface area contributed by atoms with Gasteiger partial charge in [0.2, 0.25) is 10.0 Å². The molecule has 0 aromatic heterocycles. The van der Waals surface area contributed by atoms with Crippen molar-refractivity contribution in [3.63, 3.8) is 0 Å². The van der Waals surface area contributed by atoms with E-state index in [1.807, 2.05) is 6.07 Å². The van der Waals surface area contributed by atoms with Gasteiger partial charge in [0.1, 0.15) is 10.6 Å². The molecule has 0 spiro atoms. The number of sulfonamides is 1. The molecule has 0 fully saturated rings. The second-order valence-corrected chi connectivity index (χ2v) is 9.51. The third-order valence-corrected chi connectivity index (χ3v) is 6.89. The van der Waals surface area contributed by atoms with Crippen LogP contribution in [0.25, 0.3) is 0 Å². The van der Waals surface area contributed by atoms with Crippen molar-refractivity contribution in [1.29, 1.82) is 0 Å². The highest BCUT2D eigenvalue weighted by Crippen LogP contribution is 2.30. The first kappa shape index (κ1) is 25.3. The molecule has 3 aromatic carbocycles. The van der Waals surface area contributed by atoms with Crippen LogP contribution in [0.4, 0.5) is 13.2 Å². The van der Waals surface area contributed by atoms with Gasteiger partial charge < -0.3 is 10.1 Å². The number of ether oxygens (including phenoxy) is 1. The van der Waals surface area contributed by atoms with Crippen molar-refractivity contribution in [3.05, 3.63) is 95.1 Å². The van der Waals surface area contributed by atoms with E-state index < -0.39 is 27.7 Å². The summed E-state index contributed by atoms with van der Waals surface area (Å²) < 4.78 is 71.5. The Morgan fingerprint density at radius 1 is 0.971 bits per heavy atom. The molecule has 0 aliphatic carbocycles. The number of methoxy groups -OCH3 is 1. The lowest BCUT2D eigenvalue weighted by Gasteiger charge is -2.19. The first-order chi connectivity index (χ1) is 16.0. The summed E-state index contributed by atoms with van der Waals surface area (Å²) in [5, 5.41) is 2.52. The first-order valence-electron chi connectivity index (χ1n) is 10.1. The van der Waals surface area contributed by atoms with Gasteiger partial charge >= 0.3 is 6.18 Å². The molecule has 0 heterocycles. The largest absolute Gasteiger partial charge is 0.495 e. The van der Waals surface area contributed by atoms with Crippen LogP contribution < -0.4 is 10.1 Å². The van der Waals surface area contributed by atoms with Crippen LogP contribution in [-0.4, -0.2) is 32.8 Å². The van der Waals surface area contributed by atoms with E-state index >= 15 is 0 Å². The molecule has 3 aromatic rings. The lowest BCUT2D eigenvalue weighted by Crippen LogP contribution is -2.28. The van der Waals surface area contributed by atoms with Crippen molar-refractivity contribution in [2.75, 3.05) is 14.2 Å². The van der Waals surface area contributed by atoms with Gasteiger partial charge in [0.15, 0.2) is 0 Å². The molecule has 0 atom stereocenters. The minimum absolute atomic E-state index is 0.0273. The zero-order valence-electron chi connectivity index (χ0n) is 18.5. The zero-order chi connectivity index (χ0) is 24.9. The van der Waals surface area contributed by atoms with Crippen LogP contribution in [0.1, 0.15) is 27.0 Å². The monoisotopic (exact) mass is 492 g/mol. The SMILES string of the molecule is COc1ccc(C(=O)NCc2cccc(C(F)(F)F)c2)cc1S(=O)(=O)N(C)Cc1ccccc1. The zero-order valence-corrected chi connectivity index (χ0v) is 19.3. The second kappa shape index (κ2) is 10.3. The topological polar surface area (TPSA) is 75.7 Å². The van der Waals surface area contributed by atoms with Crippen molar-refractivity contribution < 1.29 is 31.1 Å². The van der Waals surface area contributed by atoms with E-state index in [-0.39, 0.29) is 34.9 Å². The number of rotatable bonds is 8. The van der Waals surface area contributed by atoms with Crippen LogP contribution in [0.2, 0.25) is 0 Å². The predicted molar refractivity (Wildman–Crippen MR) is 121 cm³/mol. The van der Waals surface area contributed by atoms with Crippen LogP contribution in [0.3, 0.4) is 0 Å². The first-order valence-corrected chi connectivity index (χ1v) is 11.6. The fourth-order valence-corrected chi connectivity index (χ4v) is 4.59. The maximum Gasteiger partial charge on any atom is 0.416 e. The number of hydrogen-bond donors (Lipinski definition) is 1. The number of nitrogens with one attached hydrogen (secondary N) is 1. The number of carbonyl (C=O) groups is 1. The predicted octanol–water partition coefficient (Wildman–Crippen LogP) is 4.46. The Kier molecular flexibility index (Phi) is 7.63. The van der Waals surface area contributed by atoms with Gasteiger partial charge in [-0.15, -0.1) is 0 Å². The minimum Gasteiger partial charge on any atom is -0.495 e. The summed E-state index contributed by atoms with van der Waals surface area (Å²) in [6, 6.07) is 17.5. The Bertz CT molecular complexity index is 1260. The highest BCUT2D eigenvalue weighted by atomic mass is 32.2. The fourth-order valence-electron chi connectivity index (χ4n) is 3.25. The Morgan fingerprint density at radius 3 is 2.29 bits per heavy atom. The van der Waals surface area contributed by atoms with Gasteiger partial charge in [-0.1, -0.05) is 42.5 Å². The number of halogens is 3. The molecule has 0 aliphatic rings. The third kappa shape index (κ3) is 5.95. The van der Waals surface area contributed by atoms with Crippen molar-refractivity contribution in [1.82, 2.24) is 9.62 Å². The normalized spacial score (nSPS) is 11.9. The van der Waals surface area contributed by atoms with E-state index in [1.165, 1.54) is 44.5 Å². The van der Waals surface area contributed by atoms with Gasteiger partial charge in [0.05, 0.1) is 12.7 Å². The van der Waals surface area contributed by atoms with Crippen LogP contribution >= 0.6 is 0 Å². The summed E-state index contributed by atoms with van der Waals surface area (Å²) in [6.07, 6.45) is -4.50. The average Bonchev–Trinajstić information content (AvgIpc) is 2.82. The van der Waals surface area contributed by atoms with Gasteiger partial charge in [-0.05, 0) is 41.5 Å². The average molecular weight is 493 g/mol. The van der Waals surface area contributed by atoms with E-state index in [0.29, 0.717) is 0 Å². The molecule has 34 heavy (non-hydrogen) atoms. The van der Waals surface area contributed by atoms with Gasteiger partial charge in [-0.2, -0.15) is 17.5 Å². The van der Waals surface area contributed by atoms with Crippen molar-refractivity contribution >= 4 is 15.9 Å². The molecule has 0 radical (unpaired) electrons. The number of benzene rings is 3. The standard InChI is InChI=1S/C24H23F3N2O4S/c1-29(16-17-7-4-3-5-8-17)34(31,32)22-14-19(11-12-21(22)33-2)23(30)28-15-18-9-6-10-20(13-18)24(25,26)27/h3-14H,15-16H2,1-2H3,(H,28,30). The molecule has 0 bridgehead atoms. The molecule has 1 N–H and O–H groups in total. The maximum absolute atomic E-state index is 13.2. The van der Waals surface area contributed by atoms with Crippen molar-refractivity contribution in [3.8, 4) is 5.75 Å². The summed E-state index contributed by atoms with van der Waals surface area (Å²) in [5.74, 6) is -0.573. The molecule has 3 rings (SSSR count). The van der Waals surface area contributed by atoms with Crippen LogP contribution in [0.5, 0.6) is 5.75 Å².